The molecule has 0 aliphatic heterocycles. The Hall–Kier alpha value is -2.14. The lowest BCUT2D eigenvalue weighted by molar-refractivity contribution is -0.138. The summed E-state index contributed by atoms with van der Waals surface area (Å²) < 4.78 is 0. The minimum Gasteiger partial charge on any atom is -0.481 e. The number of anilines is 1. The first-order valence-electron chi connectivity index (χ1n) is 8.69. The van der Waals surface area contributed by atoms with Crippen molar-refractivity contribution < 1.29 is 14.7 Å². The van der Waals surface area contributed by atoms with E-state index in [1.807, 2.05) is 41.8 Å². The van der Waals surface area contributed by atoms with Gasteiger partial charge in [-0.2, -0.15) is 0 Å². The number of aryl methyl sites for hydroxylation is 1. The minimum absolute atomic E-state index is 0.0602. The molecule has 1 aromatic heterocycles. The van der Waals surface area contributed by atoms with Crippen LogP contribution in [0.25, 0.3) is 0 Å². The maximum Gasteiger partial charge on any atom is 0.311 e. The Labute approximate surface area is 152 Å². The molecule has 0 radical (unpaired) electrons. The van der Waals surface area contributed by atoms with Gasteiger partial charge < -0.3 is 10.4 Å². The van der Waals surface area contributed by atoms with Gasteiger partial charge in [0.05, 0.1) is 5.92 Å². The van der Waals surface area contributed by atoms with Crippen LogP contribution in [-0.2, 0) is 16.0 Å². The van der Waals surface area contributed by atoms with Gasteiger partial charge in [0, 0.05) is 17.5 Å². The van der Waals surface area contributed by atoms with Crippen LogP contribution in [0.15, 0.2) is 41.8 Å². The number of carboxylic acids is 1. The average Bonchev–Trinajstić information content (AvgIpc) is 3.09. The van der Waals surface area contributed by atoms with Gasteiger partial charge in [0.1, 0.15) is 0 Å². The number of hydrogen-bond acceptors (Lipinski definition) is 3. The van der Waals surface area contributed by atoms with Crippen LogP contribution in [0.2, 0.25) is 0 Å². The maximum atomic E-state index is 11.4. The molecule has 1 atom stereocenters. The number of thiophene rings is 1. The highest BCUT2D eigenvalue weighted by Crippen LogP contribution is 2.27. The summed E-state index contributed by atoms with van der Waals surface area (Å²) in [5, 5.41) is 14.0. The van der Waals surface area contributed by atoms with Gasteiger partial charge in [-0.05, 0) is 48.4 Å². The molecular weight excluding hydrogens is 334 g/mol. The van der Waals surface area contributed by atoms with Crippen LogP contribution in [0, 0.1) is 0 Å². The molecule has 2 aromatic rings. The Bertz CT molecular complexity index is 665. The van der Waals surface area contributed by atoms with E-state index in [-0.39, 0.29) is 11.8 Å². The summed E-state index contributed by atoms with van der Waals surface area (Å²) in [7, 11) is 0. The summed E-state index contributed by atoms with van der Waals surface area (Å²) in [6.07, 6.45) is 5.91. The highest BCUT2D eigenvalue weighted by molar-refractivity contribution is 7.10. The molecule has 5 heteroatoms. The Kier molecular flexibility index (Phi) is 7.67. The van der Waals surface area contributed by atoms with E-state index in [4.69, 9.17) is 0 Å². The number of carboxylic acid groups (broad SMARTS) is 1. The molecule has 134 valence electrons. The minimum atomic E-state index is -0.721. The summed E-state index contributed by atoms with van der Waals surface area (Å²) in [4.78, 5) is 23.3. The first kappa shape index (κ1) is 19.2. The second-order valence-corrected chi connectivity index (χ2v) is 7.22. The highest BCUT2D eigenvalue weighted by Gasteiger charge is 2.19. The Morgan fingerprint density at radius 3 is 2.40 bits per heavy atom. The number of rotatable bonds is 10. The molecule has 0 bridgehead atoms. The van der Waals surface area contributed by atoms with Gasteiger partial charge in [0.15, 0.2) is 0 Å². The molecule has 0 spiro atoms. The molecular formula is C20H25NO3S. The van der Waals surface area contributed by atoms with Crippen molar-refractivity contribution in [1.29, 1.82) is 0 Å². The highest BCUT2D eigenvalue weighted by atomic mass is 32.1. The van der Waals surface area contributed by atoms with E-state index in [0.29, 0.717) is 6.42 Å². The SMILES string of the molecule is CC(=O)Nc1ccc(CCCCCCC(C(=O)O)c2cccs2)cc1. The van der Waals surface area contributed by atoms with E-state index in [0.717, 1.165) is 42.7 Å². The van der Waals surface area contributed by atoms with Crippen molar-refractivity contribution in [3.8, 4) is 0 Å². The lowest BCUT2D eigenvalue weighted by Gasteiger charge is -2.10. The molecule has 1 heterocycles. The average molecular weight is 359 g/mol. The van der Waals surface area contributed by atoms with E-state index >= 15 is 0 Å². The third kappa shape index (κ3) is 6.70. The van der Waals surface area contributed by atoms with Gasteiger partial charge in [0.2, 0.25) is 5.91 Å². The smallest absolute Gasteiger partial charge is 0.311 e. The van der Waals surface area contributed by atoms with Crippen molar-refractivity contribution >= 4 is 28.9 Å². The van der Waals surface area contributed by atoms with Crippen molar-refractivity contribution in [2.45, 2.75) is 51.4 Å². The molecule has 0 saturated carbocycles. The zero-order valence-electron chi connectivity index (χ0n) is 14.5. The number of nitrogens with one attached hydrogen (secondary N) is 1. The third-order valence-corrected chi connectivity index (χ3v) is 5.15. The molecule has 4 nitrogen and oxygen atoms in total. The van der Waals surface area contributed by atoms with Crippen LogP contribution in [-0.4, -0.2) is 17.0 Å². The largest absolute Gasteiger partial charge is 0.481 e. The van der Waals surface area contributed by atoms with E-state index in [1.54, 1.807) is 0 Å². The number of amides is 1. The third-order valence-electron chi connectivity index (χ3n) is 4.17. The van der Waals surface area contributed by atoms with Gasteiger partial charge in [-0.25, -0.2) is 0 Å². The molecule has 1 unspecified atom stereocenters. The zero-order chi connectivity index (χ0) is 18.1. The summed E-state index contributed by atoms with van der Waals surface area (Å²) >= 11 is 1.52. The number of carbonyl (C=O) groups is 2. The van der Waals surface area contributed by atoms with Crippen molar-refractivity contribution in [3.05, 3.63) is 52.2 Å². The monoisotopic (exact) mass is 359 g/mol. The topological polar surface area (TPSA) is 66.4 Å². The predicted octanol–water partition coefficient (Wildman–Crippen LogP) is 5.07. The second-order valence-electron chi connectivity index (χ2n) is 6.24. The second kappa shape index (κ2) is 9.99. The molecule has 0 aliphatic carbocycles. The molecule has 0 aliphatic rings. The first-order valence-corrected chi connectivity index (χ1v) is 9.57. The summed E-state index contributed by atoms with van der Waals surface area (Å²) in [5.41, 5.74) is 2.08. The van der Waals surface area contributed by atoms with Crippen LogP contribution < -0.4 is 5.32 Å². The van der Waals surface area contributed by atoms with Gasteiger partial charge in [-0.3, -0.25) is 9.59 Å². The summed E-state index contributed by atoms with van der Waals surface area (Å²) in [6.45, 7) is 1.50. The van der Waals surface area contributed by atoms with E-state index < -0.39 is 5.97 Å². The Balaban J connectivity index is 1.64. The fraction of sp³-hybridized carbons (Fsp3) is 0.400. The number of hydrogen-bond donors (Lipinski definition) is 2. The molecule has 1 amide bonds. The molecule has 0 saturated heterocycles. The Morgan fingerprint density at radius 2 is 1.80 bits per heavy atom. The number of carbonyl (C=O) groups excluding carboxylic acids is 1. The zero-order valence-corrected chi connectivity index (χ0v) is 15.3. The van der Waals surface area contributed by atoms with Crippen LogP contribution >= 0.6 is 11.3 Å². The predicted molar refractivity (Wildman–Crippen MR) is 102 cm³/mol. The normalized spacial score (nSPS) is 11.9. The van der Waals surface area contributed by atoms with E-state index in [2.05, 4.69) is 5.32 Å². The van der Waals surface area contributed by atoms with Crippen molar-refractivity contribution in [2.24, 2.45) is 0 Å². The first-order chi connectivity index (χ1) is 12.1. The van der Waals surface area contributed by atoms with Crippen LogP contribution in [0.1, 0.15) is 55.4 Å². The molecule has 0 fully saturated rings. The van der Waals surface area contributed by atoms with Gasteiger partial charge in [0.25, 0.3) is 0 Å². The summed E-state index contributed by atoms with van der Waals surface area (Å²) in [6, 6.07) is 11.8. The fourth-order valence-corrected chi connectivity index (χ4v) is 3.72. The van der Waals surface area contributed by atoms with Gasteiger partial charge in [-0.1, -0.05) is 37.5 Å². The quantitative estimate of drug-likeness (QED) is 0.582. The standard InChI is InChI=1S/C20H25NO3S/c1-15(22)21-17-12-10-16(11-13-17)7-4-2-3-5-8-18(20(23)24)19-9-6-14-25-19/h6,9-14,18H,2-5,7-8H2,1H3,(H,21,22)(H,23,24). The van der Waals surface area contributed by atoms with Gasteiger partial charge >= 0.3 is 5.97 Å². The molecule has 2 rings (SSSR count). The van der Waals surface area contributed by atoms with Crippen molar-refractivity contribution in [2.75, 3.05) is 5.32 Å². The van der Waals surface area contributed by atoms with Crippen LogP contribution in [0.4, 0.5) is 5.69 Å². The molecule has 1 aromatic carbocycles. The molecule has 2 N–H and O–H groups in total. The van der Waals surface area contributed by atoms with Crippen LogP contribution in [0.5, 0.6) is 0 Å². The Morgan fingerprint density at radius 1 is 1.08 bits per heavy atom. The lowest BCUT2D eigenvalue weighted by atomic mass is 9.98. The lowest BCUT2D eigenvalue weighted by Crippen LogP contribution is -2.10. The number of aliphatic carboxylic acids is 1. The van der Waals surface area contributed by atoms with Crippen molar-refractivity contribution in [1.82, 2.24) is 0 Å². The van der Waals surface area contributed by atoms with Crippen LogP contribution in [0.3, 0.4) is 0 Å². The number of unbranched alkanes of at least 4 members (excludes halogenated alkanes) is 3. The van der Waals surface area contributed by atoms with E-state index in [1.165, 1.54) is 23.8 Å². The molecule has 25 heavy (non-hydrogen) atoms. The number of benzene rings is 1. The summed E-state index contributed by atoms with van der Waals surface area (Å²) in [5.74, 6) is -1.14. The van der Waals surface area contributed by atoms with Gasteiger partial charge in [-0.15, -0.1) is 11.3 Å². The fourth-order valence-electron chi connectivity index (χ4n) is 2.87. The maximum absolute atomic E-state index is 11.4. The van der Waals surface area contributed by atoms with E-state index in [9.17, 15) is 14.7 Å². The van der Waals surface area contributed by atoms with Crippen molar-refractivity contribution in [3.63, 3.8) is 0 Å².